The summed E-state index contributed by atoms with van der Waals surface area (Å²) in [4.78, 5) is 14.6. The van der Waals surface area contributed by atoms with Gasteiger partial charge in [-0.3, -0.25) is 9.69 Å². The van der Waals surface area contributed by atoms with Gasteiger partial charge in [-0.1, -0.05) is 30.3 Å². The quantitative estimate of drug-likeness (QED) is 0.842. The third-order valence-electron chi connectivity index (χ3n) is 4.86. The summed E-state index contributed by atoms with van der Waals surface area (Å²) in [7, 11) is 0. The maximum absolute atomic E-state index is 11.9. The predicted molar refractivity (Wildman–Crippen MR) is 98.5 cm³/mol. The topological polar surface area (TPSA) is 32.3 Å². The molecule has 3 rings (SSSR count). The average molecular weight is 330 g/mol. The van der Waals surface area contributed by atoms with E-state index in [-0.39, 0.29) is 5.91 Å². The van der Waals surface area contributed by atoms with E-state index in [4.69, 9.17) is 0 Å². The minimum atomic E-state index is 0.0171. The molecule has 1 aromatic rings. The fourth-order valence-electron chi connectivity index (χ4n) is 3.37. The monoisotopic (exact) mass is 330 g/mol. The Labute approximate surface area is 143 Å². The second-order valence-corrected chi connectivity index (χ2v) is 7.64. The molecule has 1 amide bonds. The highest BCUT2D eigenvalue weighted by Gasteiger charge is 2.27. The van der Waals surface area contributed by atoms with Crippen LogP contribution in [0.1, 0.15) is 24.8 Å². The molecule has 124 valence electrons. The Morgan fingerprint density at radius 2 is 2.00 bits per heavy atom. The first kappa shape index (κ1) is 16.6. The number of carbonyl (C=O) groups is 1. The van der Waals surface area contributed by atoms with Crippen LogP contribution >= 0.6 is 11.8 Å². The van der Waals surface area contributed by atoms with E-state index in [2.05, 4.69) is 22.0 Å². The maximum Gasteiger partial charge on any atom is 0.244 e. The van der Waals surface area contributed by atoms with Crippen LogP contribution in [-0.2, 0) is 4.79 Å². The van der Waals surface area contributed by atoms with Crippen molar-refractivity contribution in [2.75, 3.05) is 31.1 Å². The number of hydrogen-bond acceptors (Lipinski definition) is 3. The molecular formula is C19H26N2OS. The van der Waals surface area contributed by atoms with Crippen molar-refractivity contribution in [1.29, 1.82) is 0 Å². The van der Waals surface area contributed by atoms with Gasteiger partial charge < -0.3 is 5.32 Å². The SMILES string of the molecule is O=C(C=Cc1ccccc1)NCC1CCN(C2CCSC2)CC1. The Morgan fingerprint density at radius 1 is 1.22 bits per heavy atom. The smallest absolute Gasteiger partial charge is 0.244 e. The van der Waals surface area contributed by atoms with Crippen molar-refractivity contribution in [2.24, 2.45) is 5.92 Å². The number of nitrogens with one attached hydrogen (secondary N) is 1. The summed E-state index contributed by atoms with van der Waals surface area (Å²) in [6, 6.07) is 10.8. The maximum atomic E-state index is 11.9. The highest BCUT2D eigenvalue weighted by atomic mass is 32.2. The number of hydrogen-bond donors (Lipinski definition) is 1. The Morgan fingerprint density at radius 3 is 2.70 bits per heavy atom. The Bertz CT molecular complexity index is 517. The average Bonchev–Trinajstić information content (AvgIpc) is 3.14. The first-order chi connectivity index (χ1) is 11.3. The molecule has 2 aliphatic rings. The zero-order chi connectivity index (χ0) is 15.9. The lowest BCUT2D eigenvalue weighted by molar-refractivity contribution is -0.116. The molecule has 1 atom stereocenters. The van der Waals surface area contributed by atoms with Crippen molar-refractivity contribution in [1.82, 2.24) is 10.2 Å². The van der Waals surface area contributed by atoms with E-state index in [1.54, 1.807) is 6.08 Å². The summed E-state index contributed by atoms with van der Waals surface area (Å²) >= 11 is 2.09. The highest BCUT2D eigenvalue weighted by Crippen LogP contribution is 2.26. The van der Waals surface area contributed by atoms with Crippen molar-refractivity contribution >= 4 is 23.7 Å². The van der Waals surface area contributed by atoms with Crippen molar-refractivity contribution in [3.8, 4) is 0 Å². The van der Waals surface area contributed by atoms with E-state index in [9.17, 15) is 4.79 Å². The van der Waals surface area contributed by atoms with Crippen LogP contribution in [0, 0.1) is 5.92 Å². The summed E-state index contributed by atoms with van der Waals surface area (Å²) < 4.78 is 0. The minimum Gasteiger partial charge on any atom is -0.352 e. The van der Waals surface area contributed by atoms with E-state index < -0.39 is 0 Å². The number of nitrogens with zero attached hydrogens (tertiary/aromatic N) is 1. The van der Waals surface area contributed by atoms with Gasteiger partial charge in [0.1, 0.15) is 0 Å². The van der Waals surface area contributed by atoms with Crippen molar-refractivity contribution < 1.29 is 4.79 Å². The fourth-order valence-corrected chi connectivity index (χ4v) is 4.63. The van der Waals surface area contributed by atoms with Gasteiger partial charge in [-0.25, -0.2) is 0 Å². The first-order valence-corrected chi connectivity index (χ1v) is 9.79. The molecule has 1 unspecified atom stereocenters. The van der Waals surface area contributed by atoms with Gasteiger partial charge in [0.2, 0.25) is 5.91 Å². The van der Waals surface area contributed by atoms with Crippen LogP contribution in [-0.4, -0.2) is 48.0 Å². The molecule has 4 heteroatoms. The number of benzene rings is 1. The van der Waals surface area contributed by atoms with E-state index >= 15 is 0 Å². The van der Waals surface area contributed by atoms with E-state index in [0.29, 0.717) is 5.92 Å². The second-order valence-electron chi connectivity index (χ2n) is 6.49. The summed E-state index contributed by atoms with van der Waals surface area (Å²) in [6.45, 7) is 3.21. The summed E-state index contributed by atoms with van der Waals surface area (Å²) in [6.07, 6.45) is 7.29. The molecule has 0 saturated carbocycles. The zero-order valence-corrected chi connectivity index (χ0v) is 14.4. The Kier molecular flexibility index (Phi) is 6.17. The molecule has 2 fully saturated rings. The fraction of sp³-hybridized carbons (Fsp3) is 0.526. The van der Waals surface area contributed by atoms with E-state index in [0.717, 1.165) is 18.2 Å². The first-order valence-electron chi connectivity index (χ1n) is 8.64. The van der Waals surface area contributed by atoms with Crippen molar-refractivity contribution in [3.05, 3.63) is 42.0 Å². The number of thioether (sulfide) groups is 1. The molecule has 2 heterocycles. The molecule has 3 nitrogen and oxygen atoms in total. The summed E-state index contributed by atoms with van der Waals surface area (Å²) in [5.74, 6) is 3.29. The van der Waals surface area contributed by atoms with E-state index in [1.165, 1.54) is 43.9 Å². The molecular weight excluding hydrogens is 304 g/mol. The minimum absolute atomic E-state index is 0.0171. The van der Waals surface area contributed by atoms with Gasteiger partial charge in [-0.2, -0.15) is 11.8 Å². The van der Waals surface area contributed by atoms with Gasteiger partial charge in [0.05, 0.1) is 0 Å². The molecule has 0 aliphatic carbocycles. The number of amides is 1. The molecule has 2 saturated heterocycles. The van der Waals surface area contributed by atoms with Gasteiger partial charge in [-0.05, 0) is 55.7 Å². The zero-order valence-electron chi connectivity index (χ0n) is 13.6. The van der Waals surface area contributed by atoms with Crippen molar-refractivity contribution in [2.45, 2.75) is 25.3 Å². The van der Waals surface area contributed by atoms with Crippen LogP contribution in [0.2, 0.25) is 0 Å². The lowest BCUT2D eigenvalue weighted by Crippen LogP contribution is -2.43. The second kappa shape index (κ2) is 8.55. The standard InChI is InChI=1S/C19H26N2OS/c22-19(7-6-16-4-2-1-3-5-16)20-14-17-8-11-21(12-9-17)18-10-13-23-15-18/h1-7,17-18H,8-15H2,(H,20,22). The number of piperidine rings is 1. The molecule has 1 aromatic carbocycles. The lowest BCUT2D eigenvalue weighted by Gasteiger charge is -2.35. The summed E-state index contributed by atoms with van der Waals surface area (Å²) in [5.41, 5.74) is 1.06. The van der Waals surface area contributed by atoms with Crippen LogP contribution in [0.5, 0.6) is 0 Å². The van der Waals surface area contributed by atoms with Crippen LogP contribution in [0.25, 0.3) is 6.08 Å². The molecule has 0 bridgehead atoms. The van der Waals surface area contributed by atoms with Gasteiger partial charge in [0, 0.05) is 24.4 Å². The summed E-state index contributed by atoms with van der Waals surface area (Å²) in [5, 5.41) is 3.06. The molecule has 0 spiro atoms. The van der Waals surface area contributed by atoms with Crippen molar-refractivity contribution in [3.63, 3.8) is 0 Å². The van der Waals surface area contributed by atoms with Crippen LogP contribution in [0.4, 0.5) is 0 Å². The van der Waals surface area contributed by atoms with Gasteiger partial charge in [-0.15, -0.1) is 0 Å². The molecule has 0 radical (unpaired) electrons. The molecule has 23 heavy (non-hydrogen) atoms. The molecule has 0 aromatic heterocycles. The lowest BCUT2D eigenvalue weighted by atomic mass is 9.95. The number of likely N-dealkylation sites (tertiary alicyclic amines) is 1. The van der Waals surface area contributed by atoms with Gasteiger partial charge >= 0.3 is 0 Å². The molecule has 2 aliphatic heterocycles. The highest BCUT2D eigenvalue weighted by molar-refractivity contribution is 7.99. The Hall–Kier alpha value is -1.26. The number of carbonyl (C=O) groups excluding carboxylic acids is 1. The third kappa shape index (κ3) is 5.11. The Balaban J connectivity index is 1.36. The third-order valence-corrected chi connectivity index (χ3v) is 6.01. The largest absolute Gasteiger partial charge is 0.352 e. The number of rotatable bonds is 5. The normalized spacial score (nSPS) is 23.4. The van der Waals surface area contributed by atoms with Gasteiger partial charge in [0.15, 0.2) is 0 Å². The van der Waals surface area contributed by atoms with Gasteiger partial charge in [0.25, 0.3) is 0 Å². The van der Waals surface area contributed by atoms with Crippen LogP contribution < -0.4 is 5.32 Å². The van der Waals surface area contributed by atoms with Crippen LogP contribution in [0.15, 0.2) is 36.4 Å². The van der Waals surface area contributed by atoms with E-state index in [1.807, 2.05) is 36.4 Å². The predicted octanol–water partition coefficient (Wildman–Crippen LogP) is 3.03. The molecule has 1 N–H and O–H groups in total. The van der Waals surface area contributed by atoms with Crippen LogP contribution in [0.3, 0.4) is 0 Å².